The fourth-order valence-corrected chi connectivity index (χ4v) is 2.78. The van der Waals surface area contributed by atoms with Crippen LogP contribution in [0.4, 0.5) is 5.69 Å². The zero-order valence-electron chi connectivity index (χ0n) is 12.8. The Bertz CT molecular complexity index is 402. The normalized spacial score (nSPS) is 16.3. The minimum atomic E-state index is 0.186. The van der Waals surface area contributed by atoms with Crippen molar-refractivity contribution in [3.05, 3.63) is 29.8 Å². The summed E-state index contributed by atoms with van der Waals surface area (Å²) in [6.45, 7) is 11.7. The molecule has 1 fully saturated rings. The smallest absolute Gasteiger partial charge is 0.0314 e. The number of rotatable bonds is 6. The largest absolute Gasteiger partial charge is 0.399 e. The lowest BCUT2D eigenvalue weighted by atomic mass is 9.83. The van der Waals surface area contributed by atoms with Crippen LogP contribution >= 0.6 is 0 Å². The van der Waals surface area contributed by atoms with Crippen LogP contribution in [0.5, 0.6) is 0 Å². The molecule has 0 atom stereocenters. The summed E-state index contributed by atoms with van der Waals surface area (Å²) in [4.78, 5) is 2.68. The van der Waals surface area contributed by atoms with Crippen LogP contribution in [-0.2, 0) is 5.41 Å². The predicted molar refractivity (Wildman–Crippen MR) is 83.3 cm³/mol. The van der Waals surface area contributed by atoms with Crippen LogP contribution in [0, 0.1) is 5.92 Å². The van der Waals surface area contributed by atoms with Crippen LogP contribution in [0.15, 0.2) is 24.3 Å². The first-order valence-electron chi connectivity index (χ1n) is 7.48. The van der Waals surface area contributed by atoms with Crippen LogP contribution in [0.2, 0.25) is 0 Å². The van der Waals surface area contributed by atoms with Gasteiger partial charge in [-0.25, -0.2) is 0 Å². The average Bonchev–Trinajstić information content (AvgIpc) is 3.11. The molecule has 19 heavy (non-hydrogen) atoms. The summed E-state index contributed by atoms with van der Waals surface area (Å²) in [5, 5.41) is 0. The van der Waals surface area contributed by atoms with E-state index in [1.54, 1.807) is 0 Å². The topological polar surface area (TPSA) is 29.3 Å². The molecule has 0 aliphatic heterocycles. The maximum atomic E-state index is 5.78. The molecule has 1 aliphatic rings. The standard InChI is InChI=1S/C17H28N2/c1-13(2)11-19(16-9-10-16)12-17(3,4)14-5-7-15(18)8-6-14/h5-8,13,16H,9-12,18H2,1-4H3. The molecule has 106 valence electrons. The zero-order valence-corrected chi connectivity index (χ0v) is 12.8. The number of benzene rings is 1. The van der Waals surface area contributed by atoms with Crippen molar-refractivity contribution in [1.29, 1.82) is 0 Å². The molecule has 0 radical (unpaired) electrons. The van der Waals surface area contributed by atoms with Gasteiger partial charge < -0.3 is 5.73 Å². The van der Waals surface area contributed by atoms with E-state index in [-0.39, 0.29) is 5.41 Å². The summed E-state index contributed by atoms with van der Waals surface area (Å²) >= 11 is 0. The molecule has 0 bridgehead atoms. The minimum absolute atomic E-state index is 0.186. The van der Waals surface area contributed by atoms with Gasteiger partial charge in [0.1, 0.15) is 0 Å². The molecule has 2 rings (SSSR count). The second-order valence-electron chi connectivity index (χ2n) is 7.06. The van der Waals surface area contributed by atoms with Crippen molar-refractivity contribution in [2.24, 2.45) is 5.92 Å². The maximum absolute atomic E-state index is 5.78. The van der Waals surface area contributed by atoms with Crippen LogP contribution in [0.1, 0.15) is 46.1 Å². The number of nitrogens with zero attached hydrogens (tertiary/aromatic N) is 1. The molecule has 2 heteroatoms. The molecular formula is C17H28N2. The van der Waals surface area contributed by atoms with E-state index in [2.05, 4.69) is 44.7 Å². The third kappa shape index (κ3) is 3.97. The number of anilines is 1. The SMILES string of the molecule is CC(C)CN(CC(C)(C)c1ccc(N)cc1)C1CC1. The summed E-state index contributed by atoms with van der Waals surface area (Å²) in [6.07, 6.45) is 2.76. The van der Waals surface area contributed by atoms with Gasteiger partial charge in [-0.1, -0.05) is 39.8 Å². The monoisotopic (exact) mass is 260 g/mol. The van der Waals surface area contributed by atoms with Gasteiger partial charge in [0.15, 0.2) is 0 Å². The molecule has 1 saturated carbocycles. The van der Waals surface area contributed by atoms with Crippen LogP contribution in [0.25, 0.3) is 0 Å². The van der Waals surface area contributed by atoms with Gasteiger partial charge in [-0.2, -0.15) is 0 Å². The Kier molecular flexibility index (Phi) is 4.19. The number of nitrogens with two attached hydrogens (primary N) is 1. The van der Waals surface area contributed by atoms with E-state index < -0.39 is 0 Å². The van der Waals surface area contributed by atoms with Crippen molar-refractivity contribution in [1.82, 2.24) is 4.90 Å². The van der Waals surface area contributed by atoms with E-state index in [4.69, 9.17) is 5.73 Å². The highest BCUT2D eigenvalue weighted by Gasteiger charge is 2.33. The number of hydrogen-bond acceptors (Lipinski definition) is 2. The Balaban J connectivity index is 2.07. The van der Waals surface area contributed by atoms with E-state index in [1.807, 2.05) is 12.1 Å². The average molecular weight is 260 g/mol. The summed E-state index contributed by atoms with van der Waals surface area (Å²) < 4.78 is 0. The lowest BCUT2D eigenvalue weighted by Gasteiger charge is -2.34. The highest BCUT2D eigenvalue weighted by atomic mass is 15.2. The van der Waals surface area contributed by atoms with Gasteiger partial charge in [0, 0.05) is 30.2 Å². The Labute approximate surface area is 118 Å². The van der Waals surface area contributed by atoms with E-state index in [9.17, 15) is 0 Å². The molecule has 1 aliphatic carbocycles. The second-order valence-corrected chi connectivity index (χ2v) is 7.06. The first-order valence-corrected chi connectivity index (χ1v) is 7.48. The van der Waals surface area contributed by atoms with Gasteiger partial charge in [-0.3, -0.25) is 4.90 Å². The molecule has 0 saturated heterocycles. The maximum Gasteiger partial charge on any atom is 0.0314 e. The third-order valence-corrected chi connectivity index (χ3v) is 3.95. The lowest BCUT2D eigenvalue weighted by Crippen LogP contribution is -2.40. The van der Waals surface area contributed by atoms with Gasteiger partial charge in [0.25, 0.3) is 0 Å². The van der Waals surface area contributed by atoms with Crippen molar-refractivity contribution >= 4 is 5.69 Å². The number of nitrogen functional groups attached to an aromatic ring is 1. The van der Waals surface area contributed by atoms with E-state index in [0.717, 1.165) is 24.2 Å². The predicted octanol–water partition coefficient (Wildman–Crippen LogP) is 3.67. The highest BCUT2D eigenvalue weighted by molar-refractivity contribution is 5.41. The molecular weight excluding hydrogens is 232 g/mol. The van der Waals surface area contributed by atoms with E-state index >= 15 is 0 Å². The van der Waals surface area contributed by atoms with Crippen molar-refractivity contribution in [3.63, 3.8) is 0 Å². The fraction of sp³-hybridized carbons (Fsp3) is 0.647. The summed E-state index contributed by atoms with van der Waals surface area (Å²) in [5.74, 6) is 0.739. The molecule has 1 aromatic rings. The van der Waals surface area contributed by atoms with Crippen molar-refractivity contribution in [2.45, 2.75) is 52.0 Å². The molecule has 2 N–H and O–H groups in total. The Hall–Kier alpha value is -1.02. The molecule has 1 aromatic carbocycles. The molecule has 0 spiro atoms. The molecule has 0 amide bonds. The van der Waals surface area contributed by atoms with E-state index in [0.29, 0.717) is 0 Å². The molecule has 0 aromatic heterocycles. The van der Waals surface area contributed by atoms with Crippen LogP contribution < -0.4 is 5.73 Å². The third-order valence-electron chi connectivity index (χ3n) is 3.95. The molecule has 0 unspecified atom stereocenters. The van der Waals surface area contributed by atoms with Gasteiger partial charge >= 0.3 is 0 Å². The van der Waals surface area contributed by atoms with Crippen LogP contribution in [-0.4, -0.2) is 24.0 Å². The fourth-order valence-electron chi connectivity index (χ4n) is 2.78. The highest BCUT2D eigenvalue weighted by Crippen LogP contribution is 2.32. The Morgan fingerprint density at radius 1 is 1.21 bits per heavy atom. The second kappa shape index (κ2) is 5.54. The zero-order chi connectivity index (χ0) is 14.0. The summed E-state index contributed by atoms with van der Waals surface area (Å²) in [6, 6.07) is 9.21. The number of hydrogen-bond donors (Lipinski definition) is 1. The van der Waals surface area contributed by atoms with Gasteiger partial charge in [0.05, 0.1) is 0 Å². The van der Waals surface area contributed by atoms with E-state index in [1.165, 1.54) is 24.9 Å². The van der Waals surface area contributed by atoms with Gasteiger partial charge in [-0.15, -0.1) is 0 Å². The Morgan fingerprint density at radius 2 is 1.79 bits per heavy atom. The summed E-state index contributed by atoms with van der Waals surface area (Å²) in [7, 11) is 0. The van der Waals surface area contributed by atoms with Crippen LogP contribution in [0.3, 0.4) is 0 Å². The first kappa shape index (κ1) is 14.4. The van der Waals surface area contributed by atoms with Crippen molar-refractivity contribution in [3.8, 4) is 0 Å². The van der Waals surface area contributed by atoms with Crippen molar-refractivity contribution < 1.29 is 0 Å². The Morgan fingerprint density at radius 3 is 2.26 bits per heavy atom. The molecule has 2 nitrogen and oxygen atoms in total. The minimum Gasteiger partial charge on any atom is -0.399 e. The summed E-state index contributed by atoms with van der Waals surface area (Å²) in [5.41, 5.74) is 8.20. The quantitative estimate of drug-likeness (QED) is 0.791. The first-order chi connectivity index (χ1) is 8.88. The lowest BCUT2D eigenvalue weighted by molar-refractivity contribution is 0.193. The van der Waals surface area contributed by atoms with Crippen molar-refractivity contribution in [2.75, 3.05) is 18.8 Å². The molecule has 0 heterocycles. The van der Waals surface area contributed by atoms with Gasteiger partial charge in [0.2, 0.25) is 0 Å². The van der Waals surface area contributed by atoms with Gasteiger partial charge in [-0.05, 0) is 36.5 Å².